The predicted octanol–water partition coefficient (Wildman–Crippen LogP) is 1.58. The van der Waals surface area contributed by atoms with Crippen LogP contribution in [0.15, 0.2) is 22.7 Å². The maximum Gasteiger partial charge on any atom is 0.250 e. The van der Waals surface area contributed by atoms with Crippen LogP contribution < -0.4 is 16.8 Å². The van der Waals surface area contributed by atoms with E-state index >= 15 is 0 Å². The molecule has 1 heterocycles. The van der Waals surface area contributed by atoms with Crippen LogP contribution >= 0.6 is 0 Å². The molecule has 0 unspecified atom stereocenters. The lowest BCUT2D eigenvalue weighted by Crippen LogP contribution is -2.15. The summed E-state index contributed by atoms with van der Waals surface area (Å²) in [7, 11) is 0. The zero-order chi connectivity index (χ0) is 14.0. The van der Waals surface area contributed by atoms with Gasteiger partial charge in [0.1, 0.15) is 5.76 Å². The zero-order valence-electron chi connectivity index (χ0n) is 10.9. The number of hydrogen-bond donors (Lipinski definition) is 3. The molecule has 2 rings (SSSR count). The molecule has 6 nitrogen and oxygen atoms in total. The summed E-state index contributed by atoms with van der Waals surface area (Å²) in [5.74, 6) is 0.216. The number of nitrogens with two attached hydrogens (primary N) is 2. The van der Waals surface area contributed by atoms with Gasteiger partial charge in [0.05, 0.1) is 22.6 Å². The Labute approximate surface area is 110 Å². The SMILES string of the molecule is Cc1noc(C)c1CNc1cccc(C(N)=O)c1N. The molecule has 6 heteroatoms. The van der Waals surface area contributed by atoms with Gasteiger partial charge in [-0.1, -0.05) is 11.2 Å². The Morgan fingerprint density at radius 2 is 2.16 bits per heavy atom. The van der Waals surface area contributed by atoms with Crippen LogP contribution in [0.5, 0.6) is 0 Å². The lowest BCUT2D eigenvalue weighted by molar-refractivity contribution is 0.100. The van der Waals surface area contributed by atoms with E-state index in [-0.39, 0.29) is 0 Å². The molecule has 0 saturated heterocycles. The number of para-hydroxylation sites is 1. The van der Waals surface area contributed by atoms with Crippen LogP contribution in [-0.4, -0.2) is 11.1 Å². The first-order valence-corrected chi connectivity index (χ1v) is 5.84. The van der Waals surface area contributed by atoms with Gasteiger partial charge in [0, 0.05) is 12.1 Å². The van der Waals surface area contributed by atoms with E-state index in [4.69, 9.17) is 16.0 Å². The van der Waals surface area contributed by atoms with Crippen molar-refractivity contribution in [1.82, 2.24) is 5.16 Å². The molecule has 0 aliphatic heterocycles. The fourth-order valence-corrected chi connectivity index (χ4v) is 1.87. The average molecular weight is 260 g/mol. The minimum atomic E-state index is -0.543. The van der Waals surface area contributed by atoms with Gasteiger partial charge in [-0.2, -0.15) is 0 Å². The molecule has 1 amide bonds. The summed E-state index contributed by atoms with van der Waals surface area (Å²) in [5, 5.41) is 7.04. The van der Waals surface area contributed by atoms with Crippen LogP contribution in [0.25, 0.3) is 0 Å². The molecular weight excluding hydrogens is 244 g/mol. The first-order chi connectivity index (χ1) is 9.00. The normalized spacial score (nSPS) is 10.4. The maximum atomic E-state index is 11.2. The number of anilines is 2. The number of nitrogens with one attached hydrogen (secondary N) is 1. The largest absolute Gasteiger partial charge is 0.396 e. The van der Waals surface area contributed by atoms with Crippen molar-refractivity contribution >= 4 is 17.3 Å². The third kappa shape index (κ3) is 2.52. The van der Waals surface area contributed by atoms with E-state index in [1.165, 1.54) is 0 Å². The van der Waals surface area contributed by atoms with E-state index in [0.717, 1.165) is 17.0 Å². The van der Waals surface area contributed by atoms with E-state index in [1.54, 1.807) is 18.2 Å². The summed E-state index contributed by atoms with van der Waals surface area (Å²) in [6.45, 7) is 4.24. The van der Waals surface area contributed by atoms with Crippen molar-refractivity contribution in [1.29, 1.82) is 0 Å². The van der Waals surface area contributed by atoms with Crippen LogP contribution in [0, 0.1) is 13.8 Å². The Morgan fingerprint density at radius 3 is 2.74 bits per heavy atom. The quantitative estimate of drug-likeness (QED) is 0.723. The molecule has 0 fully saturated rings. The first kappa shape index (κ1) is 12.9. The van der Waals surface area contributed by atoms with Crippen molar-refractivity contribution < 1.29 is 9.32 Å². The van der Waals surface area contributed by atoms with Gasteiger partial charge >= 0.3 is 0 Å². The van der Waals surface area contributed by atoms with Gasteiger partial charge in [-0.25, -0.2) is 0 Å². The van der Waals surface area contributed by atoms with E-state index in [1.807, 2.05) is 13.8 Å². The Balaban J connectivity index is 2.21. The second-order valence-electron chi connectivity index (χ2n) is 4.29. The zero-order valence-corrected chi connectivity index (χ0v) is 10.9. The molecule has 0 aliphatic rings. The summed E-state index contributed by atoms with van der Waals surface area (Å²) in [6, 6.07) is 5.12. The van der Waals surface area contributed by atoms with E-state index in [9.17, 15) is 4.79 Å². The monoisotopic (exact) mass is 260 g/mol. The van der Waals surface area contributed by atoms with Crippen molar-refractivity contribution in [2.45, 2.75) is 20.4 Å². The number of aryl methyl sites for hydroxylation is 2. The van der Waals surface area contributed by atoms with E-state index < -0.39 is 5.91 Å². The number of aromatic nitrogens is 1. The molecule has 0 bridgehead atoms. The van der Waals surface area contributed by atoms with Crippen LogP contribution in [0.1, 0.15) is 27.4 Å². The van der Waals surface area contributed by atoms with Gasteiger partial charge in [0.15, 0.2) is 0 Å². The Kier molecular flexibility index (Phi) is 3.41. The topological polar surface area (TPSA) is 107 Å². The lowest BCUT2D eigenvalue weighted by atomic mass is 10.1. The molecule has 19 heavy (non-hydrogen) atoms. The molecule has 2 aromatic rings. The standard InChI is InChI=1S/C13H16N4O2/c1-7-10(8(2)19-17-7)6-16-11-5-3-4-9(12(11)14)13(15)18/h3-5,16H,6,14H2,1-2H3,(H2,15,18). The second kappa shape index (κ2) is 5.01. The lowest BCUT2D eigenvalue weighted by Gasteiger charge is -2.11. The highest BCUT2D eigenvalue weighted by Gasteiger charge is 2.12. The number of benzene rings is 1. The molecule has 0 aliphatic carbocycles. The molecule has 5 N–H and O–H groups in total. The number of primary amides is 1. The summed E-state index contributed by atoms with van der Waals surface area (Å²) in [6.07, 6.45) is 0. The van der Waals surface area contributed by atoms with Crippen molar-refractivity contribution in [2.24, 2.45) is 5.73 Å². The number of rotatable bonds is 4. The Morgan fingerprint density at radius 1 is 1.42 bits per heavy atom. The number of carbonyl (C=O) groups excluding carboxylic acids is 1. The summed E-state index contributed by atoms with van der Waals surface area (Å²) in [4.78, 5) is 11.2. The highest BCUT2D eigenvalue weighted by molar-refractivity contribution is 6.00. The molecular formula is C13H16N4O2. The van der Waals surface area contributed by atoms with Crippen molar-refractivity contribution in [3.8, 4) is 0 Å². The van der Waals surface area contributed by atoms with Crippen molar-refractivity contribution in [2.75, 3.05) is 11.1 Å². The van der Waals surface area contributed by atoms with Crippen LogP contribution in [0.2, 0.25) is 0 Å². The molecule has 0 radical (unpaired) electrons. The van der Waals surface area contributed by atoms with Gasteiger partial charge < -0.3 is 21.3 Å². The predicted molar refractivity (Wildman–Crippen MR) is 72.7 cm³/mol. The van der Waals surface area contributed by atoms with E-state index in [2.05, 4.69) is 10.5 Å². The number of carbonyl (C=O) groups is 1. The summed E-state index contributed by atoms with van der Waals surface area (Å²) in [5.41, 5.74) is 14.3. The first-order valence-electron chi connectivity index (χ1n) is 5.84. The minimum absolute atomic E-state index is 0.309. The van der Waals surface area contributed by atoms with Crippen molar-refractivity contribution in [3.05, 3.63) is 40.8 Å². The summed E-state index contributed by atoms with van der Waals surface area (Å²) >= 11 is 0. The highest BCUT2D eigenvalue weighted by atomic mass is 16.5. The number of amides is 1. The van der Waals surface area contributed by atoms with Gasteiger partial charge in [0.25, 0.3) is 5.91 Å². The van der Waals surface area contributed by atoms with Gasteiger partial charge in [-0.3, -0.25) is 4.79 Å². The fourth-order valence-electron chi connectivity index (χ4n) is 1.87. The smallest absolute Gasteiger partial charge is 0.250 e. The number of nitrogens with zero attached hydrogens (tertiary/aromatic N) is 1. The average Bonchev–Trinajstić information content (AvgIpc) is 2.68. The Hall–Kier alpha value is -2.50. The highest BCUT2D eigenvalue weighted by Crippen LogP contribution is 2.24. The van der Waals surface area contributed by atoms with Gasteiger partial charge in [-0.15, -0.1) is 0 Å². The summed E-state index contributed by atoms with van der Waals surface area (Å²) < 4.78 is 5.08. The fraction of sp³-hybridized carbons (Fsp3) is 0.231. The van der Waals surface area contributed by atoms with Crippen molar-refractivity contribution in [3.63, 3.8) is 0 Å². The Bertz CT molecular complexity index is 600. The maximum absolute atomic E-state index is 11.2. The minimum Gasteiger partial charge on any atom is -0.396 e. The van der Waals surface area contributed by atoms with Crippen LogP contribution in [-0.2, 0) is 6.54 Å². The molecule has 0 atom stereocenters. The second-order valence-corrected chi connectivity index (χ2v) is 4.29. The van der Waals surface area contributed by atoms with Gasteiger partial charge in [-0.05, 0) is 26.0 Å². The third-order valence-electron chi connectivity index (χ3n) is 3.01. The molecule has 100 valence electrons. The van der Waals surface area contributed by atoms with Crippen LogP contribution in [0.3, 0.4) is 0 Å². The molecule has 0 spiro atoms. The molecule has 1 aromatic heterocycles. The van der Waals surface area contributed by atoms with Gasteiger partial charge in [0.2, 0.25) is 0 Å². The molecule has 1 aromatic carbocycles. The molecule has 0 saturated carbocycles. The van der Waals surface area contributed by atoms with E-state index in [0.29, 0.717) is 23.5 Å². The number of nitrogen functional groups attached to an aromatic ring is 1. The number of hydrogen-bond acceptors (Lipinski definition) is 5. The third-order valence-corrected chi connectivity index (χ3v) is 3.01. The van der Waals surface area contributed by atoms with Crippen LogP contribution in [0.4, 0.5) is 11.4 Å².